The van der Waals surface area contributed by atoms with Crippen molar-refractivity contribution < 1.29 is 4.79 Å². The van der Waals surface area contributed by atoms with Gasteiger partial charge in [-0.25, -0.2) is 0 Å². The summed E-state index contributed by atoms with van der Waals surface area (Å²) >= 11 is 0. The molecule has 1 rings (SSSR count). The molecule has 0 saturated heterocycles. The number of aromatic nitrogens is 2. The molecular weight excluding hydrogens is 212 g/mol. The van der Waals surface area contributed by atoms with E-state index in [1.165, 1.54) is 5.69 Å². The molecule has 1 heterocycles. The summed E-state index contributed by atoms with van der Waals surface area (Å²) in [6, 6.07) is 2.07. The number of hydrogen-bond acceptors (Lipinski definition) is 2. The molecule has 0 aliphatic carbocycles. The third-order valence-electron chi connectivity index (χ3n) is 2.69. The molecule has 0 fully saturated rings. The first-order chi connectivity index (χ1) is 7.77. The summed E-state index contributed by atoms with van der Waals surface area (Å²) in [4.78, 5) is 10.5. The van der Waals surface area contributed by atoms with Crippen LogP contribution in [-0.2, 0) is 10.3 Å². The second kappa shape index (κ2) is 4.86. The van der Waals surface area contributed by atoms with Crippen LogP contribution in [0.25, 0.3) is 5.57 Å². The van der Waals surface area contributed by atoms with Crippen molar-refractivity contribution in [1.29, 1.82) is 0 Å². The van der Waals surface area contributed by atoms with Gasteiger partial charge in [-0.3, -0.25) is 9.48 Å². The van der Waals surface area contributed by atoms with Gasteiger partial charge in [0.2, 0.25) is 0 Å². The first kappa shape index (κ1) is 13.7. The van der Waals surface area contributed by atoms with Crippen LogP contribution in [0.3, 0.4) is 0 Å². The van der Waals surface area contributed by atoms with E-state index in [2.05, 4.69) is 50.5 Å². The molecule has 0 aliphatic heterocycles. The largest absolute Gasteiger partial charge is 0.299 e. The molecule has 0 atom stereocenters. The van der Waals surface area contributed by atoms with Crippen LogP contribution in [0.2, 0.25) is 0 Å². The van der Waals surface area contributed by atoms with Crippen molar-refractivity contribution in [2.75, 3.05) is 0 Å². The number of carbonyl (C=O) groups is 1. The number of rotatable bonds is 3. The predicted octanol–water partition coefficient (Wildman–Crippen LogP) is 3.36. The smallest absolute Gasteiger partial charge is 0.143 e. The van der Waals surface area contributed by atoms with Crippen molar-refractivity contribution >= 4 is 11.9 Å². The van der Waals surface area contributed by atoms with Gasteiger partial charge in [-0.2, -0.15) is 5.10 Å². The zero-order valence-electron chi connectivity index (χ0n) is 11.6. The summed E-state index contributed by atoms with van der Waals surface area (Å²) in [5.74, 6) is 0.416. The van der Waals surface area contributed by atoms with Crippen molar-refractivity contribution in [2.24, 2.45) is 0 Å². The minimum Gasteiger partial charge on any atom is -0.299 e. The van der Waals surface area contributed by atoms with Gasteiger partial charge in [-0.1, -0.05) is 13.8 Å². The molecule has 0 radical (unpaired) electrons. The molecule has 0 spiro atoms. The maximum absolute atomic E-state index is 10.5. The lowest BCUT2D eigenvalue weighted by molar-refractivity contribution is -0.104. The van der Waals surface area contributed by atoms with Crippen LogP contribution in [0.5, 0.6) is 0 Å². The zero-order chi connectivity index (χ0) is 13.2. The monoisotopic (exact) mass is 234 g/mol. The van der Waals surface area contributed by atoms with Crippen molar-refractivity contribution in [3.05, 3.63) is 23.5 Å². The topological polar surface area (TPSA) is 34.9 Å². The third-order valence-corrected chi connectivity index (χ3v) is 2.69. The van der Waals surface area contributed by atoms with Crippen LogP contribution < -0.4 is 0 Å². The Balaban J connectivity index is 3.32. The van der Waals surface area contributed by atoms with E-state index in [0.717, 1.165) is 17.6 Å². The SMILES string of the molecule is C/C(=C/C=O)c1cc(C(C)C)n(C(C)(C)C)n1. The van der Waals surface area contributed by atoms with Crippen LogP contribution in [0.15, 0.2) is 12.1 Å². The molecule has 0 aliphatic rings. The zero-order valence-corrected chi connectivity index (χ0v) is 11.6. The second-order valence-electron chi connectivity index (χ2n) is 5.68. The maximum Gasteiger partial charge on any atom is 0.143 e. The lowest BCUT2D eigenvalue weighted by Crippen LogP contribution is -2.25. The Morgan fingerprint density at radius 1 is 1.41 bits per heavy atom. The number of carbonyl (C=O) groups excluding carboxylic acids is 1. The van der Waals surface area contributed by atoms with Crippen molar-refractivity contribution in [3.8, 4) is 0 Å². The number of allylic oxidation sites excluding steroid dienone is 2. The second-order valence-corrected chi connectivity index (χ2v) is 5.68. The van der Waals surface area contributed by atoms with E-state index < -0.39 is 0 Å². The maximum atomic E-state index is 10.5. The molecule has 0 saturated carbocycles. The Kier molecular flexibility index (Phi) is 3.91. The van der Waals surface area contributed by atoms with Crippen molar-refractivity contribution in [3.63, 3.8) is 0 Å². The Bertz CT molecular complexity index is 434. The first-order valence-corrected chi connectivity index (χ1v) is 6.00. The molecule has 1 aromatic heterocycles. The van der Waals surface area contributed by atoms with E-state index in [1.807, 2.05) is 6.92 Å². The third kappa shape index (κ3) is 3.05. The highest BCUT2D eigenvalue weighted by Crippen LogP contribution is 2.25. The van der Waals surface area contributed by atoms with Crippen LogP contribution in [0.1, 0.15) is 58.8 Å². The first-order valence-electron chi connectivity index (χ1n) is 6.00. The van der Waals surface area contributed by atoms with E-state index in [9.17, 15) is 4.79 Å². The minimum atomic E-state index is -0.0423. The Morgan fingerprint density at radius 3 is 2.35 bits per heavy atom. The summed E-state index contributed by atoms with van der Waals surface area (Å²) in [5, 5.41) is 4.61. The predicted molar refractivity (Wildman–Crippen MR) is 71.0 cm³/mol. The lowest BCUT2D eigenvalue weighted by atomic mass is 10.0. The van der Waals surface area contributed by atoms with Gasteiger partial charge in [-0.15, -0.1) is 0 Å². The average Bonchev–Trinajstić information content (AvgIpc) is 2.61. The lowest BCUT2D eigenvalue weighted by Gasteiger charge is -2.23. The van der Waals surface area contributed by atoms with E-state index in [1.54, 1.807) is 6.08 Å². The summed E-state index contributed by atoms with van der Waals surface area (Å²) in [6.45, 7) is 12.6. The van der Waals surface area contributed by atoms with Crippen LogP contribution in [0.4, 0.5) is 0 Å². The van der Waals surface area contributed by atoms with E-state index in [-0.39, 0.29) is 5.54 Å². The Morgan fingerprint density at radius 2 is 2.00 bits per heavy atom. The van der Waals surface area contributed by atoms with E-state index in [4.69, 9.17) is 0 Å². The summed E-state index contributed by atoms with van der Waals surface area (Å²) in [5.41, 5.74) is 2.95. The quantitative estimate of drug-likeness (QED) is 0.593. The summed E-state index contributed by atoms with van der Waals surface area (Å²) in [7, 11) is 0. The van der Waals surface area contributed by atoms with Gasteiger partial charge in [0.1, 0.15) is 6.29 Å². The molecule has 1 aromatic rings. The highest BCUT2D eigenvalue weighted by molar-refractivity contribution is 5.79. The van der Waals surface area contributed by atoms with Gasteiger partial charge >= 0.3 is 0 Å². The molecule has 0 N–H and O–H groups in total. The Hall–Kier alpha value is -1.38. The molecule has 0 bridgehead atoms. The molecule has 3 nitrogen and oxygen atoms in total. The van der Waals surface area contributed by atoms with Crippen LogP contribution in [0, 0.1) is 0 Å². The van der Waals surface area contributed by atoms with Gasteiger partial charge < -0.3 is 0 Å². The number of nitrogens with zero attached hydrogens (tertiary/aromatic N) is 2. The standard InChI is InChI=1S/C14H22N2O/c1-10(2)13-9-12(11(3)7-8-17)15-16(13)14(4,5)6/h7-10H,1-6H3/b11-7-. The van der Waals surface area contributed by atoms with Crippen molar-refractivity contribution in [1.82, 2.24) is 9.78 Å². The fraction of sp³-hybridized carbons (Fsp3) is 0.571. The van der Waals surface area contributed by atoms with E-state index in [0.29, 0.717) is 5.92 Å². The Labute approximate surface area is 104 Å². The van der Waals surface area contributed by atoms with Gasteiger partial charge in [0, 0.05) is 5.69 Å². The summed E-state index contributed by atoms with van der Waals surface area (Å²) < 4.78 is 2.05. The van der Waals surface area contributed by atoms with Crippen LogP contribution >= 0.6 is 0 Å². The molecule has 17 heavy (non-hydrogen) atoms. The highest BCUT2D eigenvalue weighted by atomic mass is 16.1. The van der Waals surface area contributed by atoms with Crippen molar-refractivity contribution in [2.45, 2.75) is 53.0 Å². The molecule has 94 valence electrons. The molecule has 0 aromatic carbocycles. The molecule has 0 unspecified atom stereocenters. The van der Waals surface area contributed by atoms with Gasteiger partial charge in [-0.05, 0) is 51.3 Å². The van der Waals surface area contributed by atoms with Gasteiger partial charge in [0.05, 0.1) is 11.2 Å². The molecular formula is C14H22N2O. The highest BCUT2D eigenvalue weighted by Gasteiger charge is 2.21. The molecule has 3 heteroatoms. The van der Waals surface area contributed by atoms with Crippen LogP contribution in [-0.4, -0.2) is 16.1 Å². The fourth-order valence-electron chi connectivity index (χ4n) is 1.72. The molecule has 0 amide bonds. The average molecular weight is 234 g/mol. The summed E-state index contributed by atoms with van der Waals surface area (Å²) in [6.07, 6.45) is 2.36. The van der Waals surface area contributed by atoms with Gasteiger partial charge in [0.15, 0.2) is 0 Å². The van der Waals surface area contributed by atoms with Gasteiger partial charge in [0.25, 0.3) is 0 Å². The normalized spacial score (nSPS) is 13.2. The fourth-order valence-corrected chi connectivity index (χ4v) is 1.72. The minimum absolute atomic E-state index is 0.0423. The number of hydrogen-bond donors (Lipinski definition) is 0. The number of aldehydes is 1. The van der Waals surface area contributed by atoms with E-state index >= 15 is 0 Å².